The fraction of sp³-hybridized carbons (Fsp3) is 0.647. The van der Waals surface area contributed by atoms with E-state index in [1.807, 2.05) is 0 Å². The van der Waals surface area contributed by atoms with E-state index in [-0.39, 0.29) is 11.4 Å². The van der Waals surface area contributed by atoms with Crippen LogP contribution in [0.5, 0.6) is 0 Å². The van der Waals surface area contributed by atoms with Crippen LogP contribution < -0.4 is 10.6 Å². The van der Waals surface area contributed by atoms with Crippen LogP contribution >= 0.6 is 11.3 Å². The number of thiophene rings is 1. The summed E-state index contributed by atoms with van der Waals surface area (Å²) in [5, 5.41) is 8.69. The van der Waals surface area contributed by atoms with Crippen LogP contribution in [-0.4, -0.2) is 38.7 Å². The molecule has 0 unspecified atom stereocenters. The molecule has 0 atom stereocenters. The number of rotatable bonds is 9. The minimum Gasteiger partial charge on any atom is -0.469 e. The number of carbonyl (C=O) groups is 1. The Morgan fingerprint density at radius 2 is 2.13 bits per heavy atom. The van der Waals surface area contributed by atoms with Crippen LogP contribution in [0, 0.1) is 0 Å². The van der Waals surface area contributed by atoms with Crippen LogP contribution in [0.2, 0.25) is 0 Å². The van der Waals surface area contributed by atoms with E-state index >= 15 is 0 Å². The van der Waals surface area contributed by atoms with E-state index in [1.54, 1.807) is 11.3 Å². The number of nitrogens with one attached hydrogen (secondary N) is 2. The predicted molar refractivity (Wildman–Crippen MR) is 97.2 cm³/mol. The lowest BCUT2D eigenvalue weighted by Crippen LogP contribution is -2.39. The van der Waals surface area contributed by atoms with E-state index in [2.05, 4.69) is 53.7 Å². The van der Waals surface area contributed by atoms with E-state index in [4.69, 9.17) is 4.99 Å². The number of ether oxygens (including phenoxy) is 1. The second-order valence-electron chi connectivity index (χ2n) is 6.02. The second kappa shape index (κ2) is 10.3. The summed E-state index contributed by atoms with van der Waals surface area (Å²) in [5.74, 6) is 0.679. The molecule has 2 N–H and O–H groups in total. The van der Waals surface area contributed by atoms with E-state index in [0.29, 0.717) is 6.42 Å². The Bertz CT molecular complexity index is 484. The van der Waals surface area contributed by atoms with Gasteiger partial charge in [-0.25, -0.2) is 0 Å². The third kappa shape index (κ3) is 7.50. The number of hydrogen-bond donors (Lipinski definition) is 2. The van der Waals surface area contributed by atoms with Gasteiger partial charge in [-0.15, -0.1) is 11.3 Å². The Hall–Kier alpha value is -1.56. The highest BCUT2D eigenvalue weighted by molar-refractivity contribution is 7.10. The molecule has 0 saturated heterocycles. The molecule has 1 heterocycles. The van der Waals surface area contributed by atoms with Crippen molar-refractivity contribution in [2.24, 2.45) is 4.99 Å². The molecule has 0 bridgehead atoms. The van der Waals surface area contributed by atoms with Gasteiger partial charge in [0.25, 0.3) is 0 Å². The van der Waals surface area contributed by atoms with E-state index in [1.165, 1.54) is 12.0 Å². The topological polar surface area (TPSA) is 62.7 Å². The number of hydrogen-bond acceptors (Lipinski definition) is 4. The first kappa shape index (κ1) is 19.5. The molecule has 1 rings (SSSR count). The lowest BCUT2D eigenvalue weighted by Gasteiger charge is -2.21. The molecule has 1 aromatic rings. The molecule has 0 aromatic carbocycles. The standard InChI is InChI=1S/C17H29N3O2S/c1-5-18-16(19-11-7-6-10-15(21)22-4)20-13-17(2,3)14-9-8-12-23-14/h8-9,12H,5-7,10-11,13H2,1-4H3,(H2,18,19,20). The van der Waals surface area contributed by atoms with Gasteiger partial charge in [0.2, 0.25) is 0 Å². The fourth-order valence-corrected chi connectivity index (χ4v) is 2.91. The molecule has 1 aromatic heterocycles. The molecule has 0 aliphatic rings. The normalized spacial score (nSPS) is 12.1. The van der Waals surface area contributed by atoms with Gasteiger partial charge in [-0.2, -0.15) is 0 Å². The summed E-state index contributed by atoms with van der Waals surface area (Å²) >= 11 is 1.77. The predicted octanol–water partition coefficient (Wildman–Crippen LogP) is 2.92. The zero-order valence-corrected chi connectivity index (χ0v) is 15.5. The second-order valence-corrected chi connectivity index (χ2v) is 6.96. The molecule has 130 valence electrons. The first-order valence-corrected chi connectivity index (χ1v) is 9.00. The Morgan fingerprint density at radius 1 is 1.35 bits per heavy atom. The van der Waals surface area contributed by atoms with Crippen molar-refractivity contribution in [2.75, 3.05) is 26.7 Å². The number of nitrogens with zero attached hydrogens (tertiary/aromatic N) is 1. The van der Waals surface area contributed by atoms with Gasteiger partial charge in [-0.05, 0) is 31.2 Å². The lowest BCUT2D eigenvalue weighted by atomic mass is 9.92. The molecule has 0 radical (unpaired) electrons. The maximum atomic E-state index is 11.1. The summed E-state index contributed by atoms with van der Waals surface area (Å²) in [6, 6.07) is 4.24. The summed E-state index contributed by atoms with van der Waals surface area (Å²) < 4.78 is 4.63. The van der Waals surface area contributed by atoms with Gasteiger partial charge in [0.15, 0.2) is 5.96 Å². The van der Waals surface area contributed by atoms with Crippen LogP contribution in [0.15, 0.2) is 22.5 Å². The zero-order chi connectivity index (χ0) is 17.1. The quantitative estimate of drug-likeness (QED) is 0.314. The third-order valence-corrected chi connectivity index (χ3v) is 4.73. The average Bonchev–Trinajstić information content (AvgIpc) is 3.07. The number of carbonyl (C=O) groups excluding carboxylic acids is 1. The largest absolute Gasteiger partial charge is 0.469 e. The average molecular weight is 340 g/mol. The van der Waals surface area contributed by atoms with Gasteiger partial charge < -0.3 is 15.4 Å². The summed E-state index contributed by atoms with van der Waals surface area (Å²) in [5.41, 5.74) is 0.0292. The monoisotopic (exact) mass is 339 g/mol. The van der Waals surface area contributed by atoms with Gasteiger partial charge in [0, 0.05) is 29.8 Å². The van der Waals surface area contributed by atoms with Crippen LogP contribution in [0.25, 0.3) is 0 Å². The SMILES string of the molecule is CCNC(=NCC(C)(C)c1cccs1)NCCCCC(=O)OC. The molecular formula is C17H29N3O2S. The van der Waals surface area contributed by atoms with Gasteiger partial charge in [0.1, 0.15) is 0 Å². The minimum absolute atomic E-state index is 0.0292. The van der Waals surface area contributed by atoms with E-state index < -0.39 is 0 Å². The van der Waals surface area contributed by atoms with Crippen molar-refractivity contribution in [3.63, 3.8) is 0 Å². The lowest BCUT2D eigenvalue weighted by molar-refractivity contribution is -0.140. The van der Waals surface area contributed by atoms with Crippen molar-refractivity contribution < 1.29 is 9.53 Å². The van der Waals surface area contributed by atoms with Crippen LogP contribution in [-0.2, 0) is 14.9 Å². The van der Waals surface area contributed by atoms with Crippen molar-refractivity contribution in [1.29, 1.82) is 0 Å². The molecule has 0 aliphatic heterocycles. The van der Waals surface area contributed by atoms with Crippen molar-refractivity contribution in [1.82, 2.24) is 10.6 Å². The number of methoxy groups -OCH3 is 1. The molecule has 5 nitrogen and oxygen atoms in total. The first-order chi connectivity index (χ1) is 11.0. The number of aliphatic imine (C=N–C) groups is 1. The van der Waals surface area contributed by atoms with Crippen molar-refractivity contribution in [3.8, 4) is 0 Å². The molecule has 0 saturated carbocycles. The Labute approximate surface area is 143 Å². The highest BCUT2D eigenvalue weighted by Gasteiger charge is 2.21. The number of unbranched alkanes of at least 4 members (excludes halogenated alkanes) is 1. The number of esters is 1. The first-order valence-electron chi connectivity index (χ1n) is 8.12. The third-order valence-electron chi connectivity index (χ3n) is 3.49. The van der Waals surface area contributed by atoms with Gasteiger partial charge in [-0.3, -0.25) is 9.79 Å². The van der Waals surface area contributed by atoms with Crippen molar-refractivity contribution in [2.45, 2.75) is 45.4 Å². The molecule has 6 heteroatoms. The van der Waals surface area contributed by atoms with Gasteiger partial charge >= 0.3 is 5.97 Å². The maximum Gasteiger partial charge on any atom is 0.305 e. The highest BCUT2D eigenvalue weighted by atomic mass is 32.1. The number of guanidine groups is 1. The van der Waals surface area contributed by atoms with Gasteiger partial charge in [0.05, 0.1) is 13.7 Å². The molecule has 0 fully saturated rings. The summed E-state index contributed by atoms with van der Waals surface area (Å²) in [4.78, 5) is 17.1. The summed E-state index contributed by atoms with van der Waals surface area (Å²) in [6.45, 7) is 8.82. The highest BCUT2D eigenvalue weighted by Crippen LogP contribution is 2.27. The molecule has 0 aliphatic carbocycles. The van der Waals surface area contributed by atoms with Crippen molar-refractivity contribution in [3.05, 3.63) is 22.4 Å². The van der Waals surface area contributed by atoms with Crippen LogP contribution in [0.1, 0.15) is 44.9 Å². The Kier molecular flexibility index (Phi) is 8.69. The Morgan fingerprint density at radius 3 is 2.74 bits per heavy atom. The zero-order valence-electron chi connectivity index (χ0n) is 14.6. The molecule has 0 spiro atoms. The maximum absolute atomic E-state index is 11.1. The van der Waals surface area contributed by atoms with Crippen LogP contribution in [0.3, 0.4) is 0 Å². The molecule has 23 heavy (non-hydrogen) atoms. The van der Waals surface area contributed by atoms with Crippen LogP contribution in [0.4, 0.5) is 0 Å². The van der Waals surface area contributed by atoms with E-state index in [0.717, 1.165) is 38.4 Å². The fourth-order valence-electron chi connectivity index (χ4n) is 2.06. The smallest absolute Gasteiger partial charge is 0.305 e. The molecule has 0 amide bonds. The van der Waals surface area contributed by atoms with Gasteiger partial charge in [-0.1, -0.05) is 19.9 Å². The Balaban J connectivity index is 2.42. The van der Waals surface area contributed by atoms with Crippen molar-refractivity contribution >= 4 is 23.3 Å². The summed E-state index contributed by atoms with van der Waals surface area (Å²) in [7, 11) is 1.42. The van der Waals surface area contributed by atoms with E-state index in [9.17, 15) is 4.79 Å². The molecular weight excluding hydrogens is 310 g/mol. The summed E-state index contributed by atoms with van der Waals surface area (Å²) in [6.07, 6.45) is 2.20. The minimum atomic E-state index is -0.150.